The molecule has 0 amide bonds. The first-order valence-corrected chi connectivity index (χ1v) is 12.5. The largest absolute Gasteiger partial charge is 0.493 e. The zero-order valence-corrected chi connectivity index (χ0v) is 20.5. The molecule has 0 N–H and O–H groups in total. The van der Waals surface area contributed by atoms with Crippen molar-refractivity contribution in [3.8, 4) is 22.1 Å². The Kier molecular flexibility index (Phi) is 6.36. The van der Waals surface area contributed by atoms with Crippen LogP contribution in [0.15, 0.2) is 33.5 Å². The molecule has 0 saturated heterocycles. The second kappa shape index (κ2) is 9.02. The van der Waals surface area contributed by atoms with Crippen LogP contribution in [-0.2, 0) is 12.3 Å². The van der Waals surface area contributed by atoms with Crippen LogP contribution >= 0.6 is 34.4 Å². The normalized spacial score (nSPS) is 11.3. The SMILES string of the molecule is CCn1c(SCc2csc(-c3cccc(OC)c3OC)n2)nc2sc(C)c(C)c2c1=O. The second-order valence-corrected chi connectivity index (χ2v) is 9.88. The van der Waals surface area contributed by atoms with Crippen molar-refractivity contribution < 1.29 is 9.47 Å². The van der Waals surface area contributed by atoms with Crippen LogP contribution in [0.1, 0.15) is 23.1 Å². The summed E-state index contributed by atoms with van der Waals surface area (Å²) in [5.74, 6) is 1.98. The molecular formula is C22H23N3O3S3. The van der Waals surface area contributed by atoms with Crippen LogP contribution < -0.4 is 15.0 Å². The summed E-state index contributed by atoms with van der Waals surface area (Å²) < 4.78 is 12.7. The molecular weight excluding hydrogens is 450 g/mol. The average molecular weight is 474 g/mol. The smallest absolute Gasteiger partial charge is 0.263 e. The lowest BCUT2D eigenvalue weighted by molar-refractivity contribution is 0.356. The van der Waals surface area contributed by atoms with Crippen LogP contribution in [0, 0.1) is 13.8 Å². The second-order valence-electron chi connectivity index (χ2n) is 6.88. The first-order chi connectivity index (χ1) is 15.0. The van der Waals surface area contributed by atoms with Gasteiger partial charge in [-0.05, 0) is 38.5 Å². The van der Waals surface area contributed by atoms with Gasteiger partial charge in [0.1, 0.15) is 9.84 Å². The molecule has 31 heavy (non-hydrogen) atoms. The number of aromatic nitrogens is 3. The summed E-state index contributed by atoms with van der Waals surface area (Å²) in [4.78, 5) is 24.6. The van der Waals surface area contributed by atoms with Gasteiger partial charge < -0.3 is 9.47 Å². The van der Waals surface area contributed by atoms with Gasteiger partial charge in [-0.2, -0.15) is 0 Å². The highest BCUT2D eigenvalue weighted by molar-refractivity contribution is 7.98. The molecule has 1 aromatic carbocycles. The van der Waals surface area contributed by atoms with Crippen LogP contribution in [0.2, 0.25) is 0 Å². The van der Waals surface area contributed by atoms with Gasteiger partial charge in [0.2, 0.25) is 0 Å². The van der Waals surface area contributed by atoms with E-state index in [2.05, 4.69) is 0 Å². The lowest BCUT2D eigenvalue weighted by Gasteiger charge is -2.10. The van der Waals surface area contributed by atoms with Crippen molar-refractivity contribution in [3.63, 3.8) is 0 Å². The van der Waals surface area contributed by atoms with Gasteiger partial charge in [-0.25, -0.2) is 9.97 Å². The number of thiazole rings is 1. The number of nitrogens with zero attached hydrogens (tertiary/aromatic N) is 3. The number of methoxy groups -OCH3 is 2. The Bertz CT molecular complexity index is 1310. The minimum absolute atomic E-state index is 0.0388. The Morgan fingerprint density at radius 1 is 1.16 bits per heavy atom. The zero-order chi connectivity index (χ0) is 22.1. The summed E-state index contributed by atoms with van der Waals surface area (Å²) in [5.41, 5.74) is 2.91. The highest BCUT2D eigenvalue weighted by atomic mass is 32.2. The first kappa shape index (κ1) is 21.9. The Morgan fingerprint density at radius 2 is 1.97 bits per heavy atom. The summed E-state index contributed by atoms with van der Waals surface area (Å²) in [6, 6.07) is 5.77. The number of aryl methyl sites for hydroxylation is 2. The van der Waals surface area contributed by atoms with E-state index in [-0.39, 0.29) is 5.56 Å². The summed E-state index contributed by atoms with van der Waals surface area (Å²) in [6.07, 6.45) is 0. The van der Waals surface area contributed by atoms with Crippen molar-refractivity contribution in [2.75, 3.05) is 14.2 Å². The molecule has 0 aliphatic heterocycles. The molecule has 3 heterocycles. The molecule has 0 aliphatic rings. The van der Waals surface area contributed by atoms with Gasteiger partial charge in [-0.15, -0.1) is 22.7 Å². The lowest BCUT2D eigenvalue weighted by atomic mass is 10.2. The van der Waals surface area contributed by atoms with E-state index >= 15 is 0 Å². The Balaban J connectivity index is 1.63. The number of hydrogen-bond acceptors (Lipinski definition) is 8. The molecule has 0 spiro atoms. The van der Waals surface area contributed by atoms with Crippen LogP contribution in [0.25, 0.3) is 20.8 Å². The fourth-order valence-corrected chi connectivity index (χ4v) is 6.36. The van der Waals surface area contributed by atoms with Crippen molar-refractivity contribution in [2.45, 2.75) is 38.2 Å². The third-order valence-electron chi connectivity index (χ3n) is 5.10. The lowest BCUT2D eigenvalue weighted by Crippen LogP contribution is -2.22. The minimum Gasteiger partial charge on any atom is -0.493 e. The number of ether oxygens (including phenoxy) is 2. The van der Waals surface area contributed by atoms with E-state index in [1.807, 2.05) is 44.4 Å². The van der Waals surface area contributed by atoms with Crippen LogP contribution in [0.3, 0.4) is 0 Å². The van der Waals surface area contributed by atoms with Gasteiger partial charge in [0.05, 0.1) is 30.9 Å². The highest BCUT2D eigenvalue weighted by Crippen LogP contribution is 2.39. The van der Waals surface area contributed by atoms with Crippen LogP contribution in [-0.4, -0.2) is 28.8 Å². The number of thioether (sulfide) groups is 1. The molecule has 0 unspecified atom stereocenters. The fourth-order valence-electron chi connectivity index (χ4n) is 3.39. The quantitative estimate of drug-likeness (QED) is 0.260. The van der Waals surface area contributed by atoms with E-state index < -0.39 is 0 Å². The van der Waals surface area contributed by atoms with Gasteiger partial charge >= 0.3 is 0 Å². The number of rotatable bonds is 7. The zero-order valence-electron chi connectivity index (χ0n) is 18.0. The Morgan fingerprint density at radius 3 is 2.68 bits per heavy atom. The van der Waals surface area contributed by atoms with Crippen molar-refractivity contribution in [1.29, 1.82) is 0 Å². The average Bonchev–Trinajstić information content (AvgIpc) is 3.36. The molecule has 4 aromatic rings. The van der Waals surface area contributed by atoms with Crippen molar-refractivity contribution in [1.82, 2.24) is 14.5 Å². The van der Waals surface area contributed by atoms with Crippen molar-refractivity contribution in [3.05, 3.63) is 50.1 Å². The third-order valence-corrected chi connectivity index (χ3v) is 8.14. The molecule has 162 valence electrons. The number of thiophene rings is 1. The monoisotopic (exact) mass is 473 g/mol. The van der Waals surface area contributed by atoms with Gasteiger partial charge in [0.25, 0.3) is 5.56 Å². The molecule has 0 radical (unpaired) electrons. The maximum atomic E-state index is 13.0. The van der Waals surface area contributed by atoms with Crippen LogP contribution in [0.4, 0.5) is 0 Å². The summed E-state index contributed by atoms with van der Waals surface area (Å²) in [7, 11) is 3.25. The van der Waals surface area contributed by atoms with E-state index in [1.165, 1.54) is 0 Å². The first-order valence-electron chi connectivity index (χ1n) is 9.77. The molecule has 3 aromatic heterocycles. The predicted molar refractivity (Wildman–Crippen MR) is 129 cm³/mol. The number of hydrogen-bond donors (Lipinski definition) is 0. The van der Waals surface area contributed by atoms with E-state index in [1.54, 1.807) is 53.2 Å². The molecule has 0 saturated carbocycles. The summed E-state index contributed by atoms with van der Waals surface area (Å²) >= 11 is 4.68. The fraction of sp³-hybridized carbons (Fsp3) is 0.318. The van der Waals surface area contributed by atoms with Crippen molar-refractivity contribution >= 4 is 44.7 Å². The summed E-state index contributed by atoms with van der Waals surface area (Å²) in [6.45, 7) is 6.59. The molecule has 0 aliphatic carbocycles. The maximum absolute atomic E-state index is 13.0. The van der Waals surface area contributed by atoms with E-state index in [0.29, 0.717) is 23.8 Å². The Labute approximate surface area is 192 Å². The molecule has 9 heteroatoms. The van der Waals surface area contributed by atoms with Gasteiger partial charge in [0.15, 0.2) is 16.7 Å². The highest BCUT2D eigenvalue weighted by Gasteiger charge is 2.18. The predicted octanol–water partition coefficient (Wildman–Crippen LogP) is 5.53. The topological polar surface area (TPSA) is 66.2 Å². The molecule has 4 rings (SSSR count). The van der Waals surface area contributed by atoms with Gasteiger partial charge in [-0.3, -0.25) is 9.36 Å². The van der Waals surface area contributed by atoms with Gasteiger partial charge in [0, 0.05) is 22.6 Å². The molecule has 0 bridgehead atoms. The number of fused-ring (bicyclic) bond motifs is 1. The third kappa shape index (κ3) is 3.97. The van der Waals surface area contributed by atoms with Gasteiger partial charge in [-0.1, -0.05) is 17.8 Å². The van der Waals surface area contributed by atoms with E-state index in [9.17, 15) is 4.79 Å². The number of benzene rings is 1. The maximum Gasteiger partial charge on any atom is 0.263 e. The standard InChI is InChI=1S/C22H23N3O3S3/c1-6-25-21(26)17-12(2)13(3)31-20(17)24-22(25)30-11-14-10-29-19(23-14)15-8-7-9-16(27-4)18(15)28-5/h7-10H,6,11H2,1-5H3. The minimum atomic E-state index is 0.0388. The Hall–Kier alpha value is -2.36. The van der Waals surface area contributed by atoms with Crippen molar-refractivity contribution in [2.24, 2.45) is 0 Å². The van der Waals surface area contributed by atoms with E-state index in [0.717, 1.165) is 42.1 Å². The number of para-hydroxylation sites is 1. The molecule has 0 atom stereocenters. The van der Waals surface area contributed by atoms with Crippen LogP contribution in [0.5, 0.6) is 11.5 Å². The molecule has 0 fully saturated rings. The van der Waals surface area contributed by atoms with E-state index in [4.69, 9.17) is 19.4 Å². The molecule has 6 nitrogen and oxygen atoms in total. The summed E-state index contributed by atoms with van der Waals surface area (Å²) in [5, 5.41) is 4.38.